The van der Waals surface area contributed by atoms with Crippen LogP contribution in [0.3, 0.4) is 0 Å². The number of hydrogen-bond acceptors (Lipinski definition) is 5. The zero-order valence-corrected chi connectivity index (χ0v) is 15.3. The molecule has 0 amide bonds. The molecule has 1 aromatic rings. The first-order valence-electron chi connectivity index (χ1n) is 8.32. The van der Waals surface area contributed by atoms with Crippen LogP contribution in [0.25, 0.3) is 0 Å². The monoisotopic (exact) mass is 355 g/mol. The van der Waals surface area contributed by atoms with Crippen LogP contribution in [0.5, 0.6) is 5.75 Å². The van der Waals surface area contributed by atoms with Gasteiger partial charge in [-0.2, -0.15) is 4.31 Å². The van der Waals surface area contributed by atoms with Crippen LogP contribution in [-0.4, -0.2) is 52.4 Å². The molecule has 134 valence electrons. The van der Waals surface area contributed by atoms with Crippen molar-refractivity contribution in [3.8, 4) is 5.75 Å². The number of nitrogens with zero attached hydrogens (tertiary/aromatic N) is 1. The maximum Gasteiger partial charge on any atom is 0.243 e. The average Bonchev–Trinajstić information content (AvgIpc) is 3.11. The molecule has 0 spiro atoms. The molecule has 6 nitrogen and oxygen atoms in total. The lowest BCUT2D eigenvalue weighted by Gasteiger charge is -2.33. The number of hydrogen-bond donors (Lipinski definition) is 0. The van der Waals surface area contributed by atoms with Gasteiger partial charge in [-0.05, 0) is 49.9 Å². The first kappa shape index (κ1) is 17.7. The number of benzene rings is 1. The quantitative estimate of drug-likeness (QED) is 0.827. The van der Waals surface area contributed by atoms with Crippen molar-refractivity contribution in [3.05, 3.63) is 23.3 Å². The molecule has 0 atom stereocenters. The van der Waals surface area contributed by atoms with E-state index in [0.717, 1.165) is 18.4 Å². The van der Waals surface area contributed by atoms with Gasteiger partial charge < -0.3 is 14.2 Å². The molecule has 1 aromatic carbocycles. The van der Waals surface area contributed by atoms with E-state index < -0.39 is 10.0 Å². The van der Waals surface area contributed by atoms with Crippen molar-refractivity contribution in [1.29, 1.82) is 0 Å². The van der Waals surface area contributed by atoms with Crippen molar-refractivity contribution < 1.29 is 22.6 Å². The summed E-state index contributed by atoms with van der Waals surface area (Å²) in [6.45, 7) is 5.93. The lowest BCUT2D eigenvalue weighted by Crippen LogP contribution is -2.41. The highest BCUT2D eigenvalue weighted by molar-refractivity contribution is 7.89. The fraction of sp³-hybridized carbons (Fsp3) is 0.647. The molecule has 0 N–H and O–H groups in total. The first-order chi connectivity index (χ1) is 11.4. The van der Waals surface area contributed by atoms with E-state index in [9.17, 15) is 8.42 Å². The molecule has 24 heavy (non-hydrogen) atoms. The van der Waals surface area contributed by atoms with Crippen LogP contribution in [-0.2, 0) is 19.5 Å². The second-order valence-corrected chi connectivity index (χ2v) is 8.35. The van der Waals surface area contributed by atoms with E-state index in [-0.39, 0.29) is 12.2 Å². The van der Waals surface area contributed by atoms with Gasteiger partial charge in [0.2, 0.25) is 10.0 Å². The van der Waals surface area contributed by atoms with Crippen molar-refractivity contribution >= 4 is 10.0 Å². The van der Waals surface area contributed by atoms with Gasteiger partial charge in [0.1, 0.15) is 5.75 Å². The molecule has 0 aromatic heterocycles. The van der Waals surface area contributed by atoms with Gasteiger partial charge in [0.25, 0.3) is 0 Å². The van der Waals surface area contributed by atoms with Crippen LogP contribution in [0.2, 0.25) is 0 Å². The Kier molecular flexibility index (Phi) is 5.15. The number of sulfonamides is 1. The molecule has 0 bridgehead atoms. The lowest BCUT2D eigenvalue weighted by atomic mass is 9.98. The number of ether oxygens (including phenoxy) is 3. The molecule has 2 aliphatic rings. The summed E-state index contributed by atoms with van der Waals surface area (Å²) in [6.07, 6.45) is 1.36. The number of rotatable bonds is 4. The van der Waals surface area contributed by atoms with Gasteiger partial charge in [0.05, 0.1) is 25.2 Å². The third-order valence-electron chi connectivity index (χ3n) is 4.84. The summed E-state index contributed by atoms with van der Waals surface area (Å²) < 4.78 is 44.0. The Morgan fingerprint density at radius 1 is 1.08 bits per heavy atom. The van der Waals surface area contributed by atoms with Crippen molar-refractivity contribution in [2.75, 3.05) is 33.4 Å². The van der Waals surface area contributed by atoms with Crippen molar-refractivity contribution in [1.82, 2.24) is 4.31 Å². The maximum absolute atomic E-state index is 13.0. The summed E-state index contributed by atoms with van der Waals surface area (Å²) in [6, 6.07) is 3.49. The second kappa shape index (κ2) is 7.00. The largest absolute Gasteiger partial charge is 0.496 e. The molecule has 0 saturated carbocycles. The Balaban J connectivity index is 1.76. The summed E-state index contributed by atoms with van der Waals surface area (Å²) >= 11 is 0. The number of methoxy groups -OCH3 is 1. The standard InChI is InChI=1S/C17H25NO5S/c1-12-11-16(13(2)10-15(12)21-3)24(19,20)18-6-4-14(5-7-18)17-22-8-9-23-17/h10-11,14,17H,4-9H2,1-3H3. The van der Waals surface area contributed by atoms with Crippen LogP contribution >= 0.6 is 0 Å². The minimum Gasteiger partial charge on any atom is -0.496 e. The molecule has 2 fully saturated rings. The van der Waals surface area contributed by atoms with Gasteiger partial charge in [-0.25, -0.2) is 8.42 Å². The molecule has 0 aliphatic carbocycles. The molecular weight excluding hydrogens is 330 g/mol. The molecule has 2 heterocycles. The second-order valence-electron chi connectivity index (χ2n) is 6.44. The van der Waals surface area contributed by atoms with E-state index in [1.165, 1.54) is 0 Å². The van der Waals surface area contributed by atoms with Crippen molar-refractivity contribution in [3.63, 3.8) is 0 Å². The molecule has 0 unspecified atom stereocenters. The molecule has 0 radical (unpaired) electrons. The van der Waals surface area contributed by atoms with Crippen LogP contribution in [0.1, 0.15) is 24.0 Å². The fourth-order valence-corrected chi connectivity index (χ4v) is 5.20. The Hall–Kier alpha value is -1.15. The minimum atomic E-state index is -3.49. The van der Waals surface area contributed by atoms with Gasteiger partial charge in [-0.1, -0.05) is 0 Å². The number of piperidine rings is 1. The number of aryl methyl sites for hydroxylation is 2. The zero-order valence-electron chi connectivity index (χ0n) is 14.4. The third-order valence-corrected chi connectivity index (χ3v) is 6.88. The first-order valence-corrected chi connectivity index (χ1v) is 9.76. The highest BCUT2D eigenvalue weighted by Gasteiger charge is 2.35. The molecular formula is C17H25NO5S. The van der Waals surface area contributed by atoms with E-state index in [4.69, 9.17) is 14.2 Å². The van der Waals surface area contributed by atoms with Gasteiger partial charge in [0.15, 0.2) is 6.29 Å². The summed E-state index contributed by atoms with van der Waals surface area (Å²) in [4.78, 5) is 0.368. The fourth-order valence-electron chi connectivity index (χ4n) is 3.44. The molecule has 2 saturated heterocycles. The minimum absolute atomic E-state index is 0.167. The van der Waals surface area contributed by atoms with E-state index in [1.54, 1.807) is 23.5 Å². The third kappa shape index (κ3) is 3.31. The highest BCUT2D eigenvalue weighted by Crippen LogP contribution is 2.32. The van der Waals surface area contributed by atoms with Crippen LogP contribution in [0.4, 0.5) is 0 Å². The van der Waals surface area contributed by atoms with Crippen molar-refractivity contribution in [2.45, 2.75) is 37.9 Å². The van der Waals surface area contributed by atoms with Crippen LogP contribution in [0, 0.1) is 19.8 Å². The van der Waals surface area contributed by atoms with E-state index in [2.05, 4.69) is 0 Å². The Bertz CT molecular complexity index is 689. The SMILES string of the molecule is COc1cc(C)c(S(=O)(=O)N2CCC(C3OCCO3)CC2)cc1C. The molecule has 2 aliphatic heterocycles. The van der Waals surface area contributed by atoms with E-state index >= 15 is 0 Å². The maximum atomic E-state index is 13.0. The predicted octanol–water partition coefficient (Wildman–Crippen LogP) is 2.09. The van der Waals surface area contributed by atoms with Gasteiger partial charge in [0, 0.05) is 19.0 Å². The Labute approximate surface area is 143 Å². The van der Waals surface area contributed by atoms with Gasteiger partial charge in [-0.15, -0.1) is 0 Å². The van der Waals surface area contributed by atoms with Crippen molar-refractivity contribution in [2.24, 2.45) is 5.92 Å². The average molecular weight is 355 g/mol. The lowest BCUT2D eigenvalue weighted by molar-refractivity contribution is -0.0938. The molecule has 3 rings (SSSR count). The summed E-state index contributed by atoms with van der Waals surface area (Å²) in [7, 11) is -1.90. The normalized spacial score (nSPS) is 21.3. The highest BCUT2D eigenvalue weighted by atomic mass is 32.2. The van der Waals surface area contributed by atoms with E-state index in [1.807, 2.05) is 13.8 Å². The summed E-state index contributed by atoms with van der Waals surface area (Å²) in [5.74, 6) is 0.985. The van der Waals surface area contributed by atoms with Crippen LogP contribution in [0.15, 0.2) is 17.0 Å². The van der Waals surface area contributed by atoms with E-state index in [0.29, 0.717) is 42.5 Å². The Morgan fingerprint density at radius 2 is 1.71 bits per heavy atom. The Morgan fingerprint density at radius 3 is 2.29 bits per heavy atom. The van der Waals surface area contributed by atoms with Gasteiger partial charge >= 0.3 is 0 Å². The zero-order chi connectivity index (χ0) is 17.3. The smallest absolute Gasteiger partial charge is 0.243 e. The topological polar surface area (TPSA) is 65.1 Å². The van der Waals surface area contributed by atoms with Gasteiger partial charge in [-0.3, -0.25) is 0 Å². The van der Waals surface area contributed by atoms with Crippen LogP contribution < -0.4 is 4.74 Å². The summed E-state index contributed by atoms with van der Waals surface area (Å²) in [5.41, 5.74) is 1.53. The predicted molar refractivity (Wildman–Crippen MR) is 89.6 cm³/mol. The molecule has 7 heteroatoms. The summed E-state index contributed by atoms with van der Waals surface area (Å²) in [5, 5.41) is 0.